The van der Waals surface area contributed by atoms with E-state index < -0.39 is 0 Å². The van der Waals surface area contributed by atoms with Crippen LogP contribution in [-0.4, -0.2) is 46.2 Å². The van der Waals surface area contributed by atoms with Crippen LogP contribution in [-0.2, 0) is 4.74 Å². The van der Waals surface area contributed by atoms with Gasteiger partial charge < -0.3 is 14.2 Å². The lowest BCUT2D eigenvalue weighted by Crippen LogP contribution is -2.51. The largest absolute Gasteiger partial charge is 0.376 e. The van der Waals surface area contributed by atoms with Crippen LogP contribution in [0.25, 0.3) is 0 Å². The first-order chi connectivity index (χ1) is 11.1. The Morgan fingerprint density at radius 2 is 2.30 bits per heavy atom. The summed E-state index contributed by atoms with van der Waals surface area (Å²) in [7, 11) is 0. The molecule has 2 aromatic heterocycles. The molecule has 1 amide bonds. The molecule has 4 rings (SSSR count). The summed E-state index contributed by atoms with van der Waals surface area (Å²) in [5.41, 5.74) is 1.03. The fourth-order valence-corrected chi connectivity index (χ4v) is 4.44. The van der Waals surface area contributed by atoms with Gasteiger partial charge in [0.25, 0.3) is 5.91 Å². The zero-order chi connectivity index (χ0) is 16.0. The number of rotatable bonds is 2. The van der Waals surface area contributed by atoms with Crippen LogP contribution in [0.1, 0.15) is 45.7 Å². The molecular weight excluding hydrogens is 314 g/mol. The van der Waals surface area contributed by atoms with Crippen LogP contribution in [0.5, 0.6) is 0 Å². The Bertz CT molecular complexity index is 726. The van der Waals surface area contributed by atoms with Gasteiger partial charge in [-0.15, -0.1) is 11.3 Å². The second kappa shape index (κ2) is 5.72. The van der Waals surface area contributed by atoms with Crippen molar-refractivity contribution < 1.29 is 14.1 Å². The van der Waals surface area contributed by atoms with Gasteiger partial charge in [0.15, 0.2) is 5.82 Å². The second-order valence-electron chi connectivity index (χ2n) is 6.27. The lowest BCUT2D eigenvalue weighted by atomic mass is 9.89. The monoisotopic (exact) mass is 333 g/mol. The highest BCUT2D eigenvalue weighted by atomic mass is 32.1. The molecule has 3 atom stereocenters. The van der Waals surface area contributed by atoms with Gasteiger partial charge in [-0.2, -0.15) is 4.98 Å². The summed E-state index contributed by atoms with van der Waals surface area (Å²) in [6.07, 6.45) is 1.79. The number of ether oxygens (including phenoxy) is 1. The number of carbonyl (C=O) groups is 1. The summed E-state index contributed by atoms with van der Waals surface area (Å²) in [6.45, 7) is 5.11. The molecule has 7 heteroatoms. The van der Waals surface area contributed by atoms with Gasteiger partial charge in [-0.1, -0.05) is 5.16 Å². The zero-order valence-electron chi connectivity index (χ0n) is 13.2. The van der Waals surface area contributed by atoms with Crippen LogP contribution in [0, 0.1) is 13.8 Å². The molecular formula is C16H19N3O3S. The predicted octanol–water partition coefficient (Wildman–Crippen LogP) is 2.54. The third-order valence-corrected chi connectivity index (χ3v) is 5.72. The number of piperidine rings is 1. The molecule has 2 aliphatic heterocycles. The zero-order valence-corrected chi connectivity index (χ0v) is 14.0. The van der Waals surface area contributed by atoms with Gasteiger partial charge in [0, 0.05) is 13.2 Å². The number of thiophene rings is 1. The van der Waals surface area contributed by atoms with E-state index in [4.69, 9.17) is 9.26 Å². The number of likely N-dealkylation sites (tertiary alicyclic amines) is 1. The van der Waals surface area contributed by atoms with Crippen molar-refractivity contribution in [3.05, 3.63) is 33.6 Å². The average molecular weight is 333 g/mol. The van der Waals surface area contributed by atoms with E-state index in [-0.39, 0.29) is 24.0 Å². The van der Waals surface area contributed by atoms with Crippen molar-refractivity contribution in [2.45, 2.75) is 44.8 Å². The second-order valence-corrected chi connectivity index (χ2v) is 7.18. The van der Waals surface area contributed by atoms with E-state index in [0.29, 0.717) is 24.9 Å². The molecule has 0 aromatic carbocycles. The summed E-state index contributed by atoms with van der Waals surface area (Å²) in [6, 6.07) is 2.15. The van der Waals surface area contributed by atoms with Gasteiger partial charge >= 0.3 is 0 Å². The Hall–Kier alpha value is -1.73. The molecule has 2 aliphatic rings. The molecule has 6 nitrogen and oxygen atoms in total. The number of hydrogen-bond acceptors (Lipinski definition) is 6. The molecule has 0 unspecified atom stereocenters. The minimum Gasteiger partial charge on any atom is -0.376 e. The van der Waals surface area contributed by atoms with Crippen LogP contribution in [0.4, 0.5) is 0 Å². The van der Waals surface area contributed by atoms with Crippen LogP contribution < -0.4 is 0 Å². The van der Waals surface area contributed by atoms with Crippen molar-refractivity contribution in [3.63, 3.8) is 0 Å². The average Bonchev–Trinajstić information content (AvgIpc) is 3.25. The molecule has 0 bridgehead atoms. The molecule has 122 valence electrons. The maximum atomic E-state index is 13.0. The van der Waals surface area contributed by atoms with E-state index in [0.717, 1.165) is 23.3 Å². The van der Waals surface area contributed by atoms with Crippen molar-refractivity contribution in [1.29, 1.82) is 0 Å². The van der Waals surface area contributed by atoms with Crippen molar-refractivity contribution in [2.24, 2.45) is 0 Å². The van der Waals surface area contributed by atoms with Crippen molar-refractivity contribution >= 4 is 17.2 Å². The molecule has 0 spiro atoms. The van der Waals surface area contributed by atoms with E-state index >= 15 is 0 Å². The highest BCUT2D eigenvalue weighted by Crippen LogP contribution is 2.37. The molecule has 0 saturated carbocycles. The van der Waals surface area contributed by atoms with Gasteiger partial charge in [0.05, 0.1) is 22.9 Å². The SMILES string of the molecule is Cc1noc([C@H]2C[C@H]3OCC[C@H]3N(C(=O)c3sccc3C)C2)n1. The van der Waals surface area contributed by atoms with Gasteiger partial charge in [0.2, 0.25) is 5.89 Å². The highest BCUT2D eigenvalue weighted by molar-refractivity contribution is 7.12. The van der Waals surface area contributed by atoms with Crippen molar-refractivity contribution in [3.8, 4) is 0 Å². The quantitative estimate of drug-likeness (QED) is 0.845. The maximum Gasteiger partial charge on any atom is 0.264 e. The molecule has 0 N–H and O–H groups in total. The fraction of sp³-hybridized carbons (Fsp3) is 0.562. The number of nitrogens with zero attached hydrogens (tertiary/aromatic N) is 3. The minimum absolute atomic E-state index is 0.0415. The number of aryl methyl sites for hydroxylation is 2. The van der Waals surface area contributed by atoms with Crippen LogP contribution >= 0.6 is 11.3 Å². The van der Waals surface area contributed by atoms with E-state index in [9.17, 15) is 4.79 Å². The highest BCUT2D eigenvalue weighted by Gasteiger charge is 2.44. The first kappa shape index (κ1) is 14.8. The molecule has 2 saturated heterocycles. The van der Waals surface area contributed by atoms with Crippen LogP contribution in [0.2, 0.25) is 0 Å². The number of fused-ring (bicyclic) bond motifs is 1. The summed E-state index contributed by atoms with van der Waals surface area (Å²) < 4.78 is 11.2. The summed E-state index contributed by atoms with van der Waals surface area (Å²) in [4.78, 5) is 20.2. The lowest BCUT2D eigenvalue weighted by Gasteiger charge is -2.39. The van der Waals surface area contributed by atoms with Crippen molar-refractivity contribution in [1.82, 2.24) is 15.0 Å². The Labute approximate surface area is 138 Å². The third kappa shape index (κ3) is 2.57. The van der Waals surface area contributed by atoms with E-state index in [1.54, 1.807) is 0 Å². The molecule has 2 aromatic rings. The van der Waals surface area contributed by atoms with Crippen LogP contribution in [0.15, 0.2) is 16.0 Å². The lowest BCUT2D eigenvalue weighted by molar-refractivity contribution is 0.0126. The van der Waals surface area contributed by atoms with E-state index in [1.165, 1.54) is 11.3 Å². The molecule has 23 heavy (non-hydrogen) atoms. The topological polar surface area (TPSA) is 68.5 Å². The first-order valence-corrected chi connectivity index (χ1v) is 8.78. The Morgan fingerprint density at radius 3 is 3.00 bits per heavy atom. The number of aromatic nitrogens is 2. The Kier molecular flexibility index (Phi) is 3.69. The van der Waals surface area contributed by atoms with E-state index in [2.05, 4.69) is 10.1 Å². The van der Waals surface area contributed by atoms with Crippen LogP contribution in [0.3, 0.4) is 0 Å². The molecule has 0 radical (unpaired) electrons. The normalized spacial score (nSPS) is 27.2. The smallest absolute Gasteiger partial charge is 0.264 e. The summed E-state index contributed by atoms with van der Waals surface area (Å²) in [5, 5.41) is 5.85. The third-order valence-electron chi connectivity index (χ3n) is 4.72. The Balaban J connectivity index is 1.63. The molecule has 0 aliphatic carbocycles. The summed E-state index contributed by atoms with van der Waals surface area (Å²) in [5.74, 6) is 1.37. The predicted molar refractivity (Wildman–Crippen MR) is 84.6 cm³/mol. The number of hydrogen-bond donors (Lipinski definition) is 0. The maximum absolute atomic E-state index is 13.0. The molecule has 2 fully saturated rings. The minimum atomic E-state index is 0.0415. The molecule has 4 heterocycles. The number of carbonyl (C=O) groups excluding carboxylic acids is 1. The van der Waals surface area contributed by atoms with Crippen molar-refractivity contribution in [2.75, 3.05) is 13.2 Å². The standard InChI is InChI=1S/C16H19N3O3S/c1-9-4-6-23-14(9)16(20)19-8-11(15-17-10(2)18-22-15)7-13-12(19)3-5-21-13/h4,6,11-13H,3,5,7-8H2,1-2H3/t11-,12+,13+/m0/s1. The van der Waals surface area contributed by atoms with E-state index in [1.807, 2.05) is 30.2 Å². The fourth-order valence-electron chi connectivity index (χ4n) is 3.56. The summed E-state index contributed by atoms with van der Waals surface area (Å²) >= 11 is 1.50. The first-order valence-electron chi connectivity index (χ1n) is 7.90. The van der Waals surface area contributed by atoms with Gasteiger partial charge in [-0.3, -0.25) is 4.79 Å². The van der Waals surface area contributed by atoms with Gasteiger partial charge in [-0.25, -0.2) is 0 Å². The van der Waals surface area contributed by atoms with Gasteiger partial charge in [0.1, 0.15) is 0 Å². The van der Waals surface area contributed by atoms with Gasteiger partial charge in [-0.05, 0) is 43.7 Å². The Morgan fingerprint density at radius 1 is 1.43 bits per heavy atom. The number of amides is 1.